The smallest absolute Gasteiger partial charge is 0.0946 e. The minimum atomic E-state index is 0.352. The predicted octanol–water partition coefficient (Wildman–Crippen LogP) is 1.90. The van der Waals surface area contributed by atoms with Crippen LogP contribution in [0.25, 0.3) is 0 Å². The molecule has 0 radical (unpaired) electrons. The summed E-state index contributed by atoms with van der Waals surface area (Å²) in [5.41, 5.74) is 0.352. The van der Waals surface area contributed by atoms with Gasteiger partial charge in [0.2, 0.25) is 0 Å². The van der Waals surface area contributed by atoms with Gasteiger partial charge >= 0.3 is 0 Å². The van der Waals surface area contributed by atoms with Gasteiger partial charge in [-0.25, -0.2) is 4.98 Å². The van der Waals surface area contributed by atoms with Crippen LogP contribution in [0, 0.1) is 0 Å². The van der Waals surface area contributed by atoms with Crippen LogP contribution in [0.15, 0.2) is 18.7 Å². The van der Waals surface area contributed by atoms with E-state index in [2.05, 4.69) is 26.7 Å². The summed E-state index contributed by atoms with van der Waals surface area (Å²) >= 11 is 0. The lowest BCUT2D eigenvalue weighted by molar-refractivity contribution is -0.0376. The second kappa shape index (κ2) is 7.57. The number of nitrogens with zero attached hydrogens (tertiary/aromatic N) is 3. The fourth-order valence-corrected chi connectivity index (χ4v) is 3.99. The van der Waals surface area contributed by atoms with Gasteiger partial charge in [0.25, 0.3) is 0 Å². The summed E-state index contributed by atoms with van der Waals surface area (Å²) in [6.07, 6.45) is 12.6. The number of nitrogens with one attached hydrogen (secondary N) is 1. The molecule has 0 aromatic carbocycles. The highest BCUT2D eigenvalue weighted by molar-refractivity contribution is 4.96. The maximum absolute atomic E-state index is 5.56. The van der Waals surface area contributed by atoms with E-state index in [0.29, 0.717) is 11.6 Å². The Morgan fingerprint density at radius 2 is 2.00 bits per heavy atom. The van der Waals surface area contributed by atoms with E-state index in [9.17, 15) is 0 Å². The van der Waals surface area contributed by atoms with E-state index in [1.807, 2.05) is 18.7 Å². The third kappa shape index (κ3) is 3.89. The van der Waals surface area contributed by atoms with Crippen molar-refractivity contribution in [2.45, 2.75) is 57.2 Å². The lowest BCUT2D eigenvalue weighted by Gasteiger charge is -2.48. The molecule has 2 aliphatic rings. The Kier molecular flexibility index (Phi) is 5.50. The molecule has 0 bridgehead atoms. The van der Waals surface area contributed by atoms with Gasteiger partial charge in [0, 0.05) is 50.2 Å². The van der Waals surface area contributed by atoms with Crippen LogP contribution >= 0.6 is 0 Å². The number of imidazole rings is 1. The molecule has 0 spiro atoms. The van der Waals surface area contributed by atoms with E-state index < -0.39 is 0 Å². The lowest BCUT2D eigenvalue weighted by atomic mass is 9.79. The Morgan fingerprint density at radius 1 is 1.23 bits per heavy atom. The zero-order valence-corrected chi connectivity index (χ0v) is 13.8. The average Bonchev–Trinajstić information content (AvgIpc) is 3.08. The molecule has 1 aliphatic heterocycles. The van der Waals surface area contributed by atoms with Crippen LogP contribution in [-0.4, -0.2) is 58.9 Å². The summed E-state index contributed by atoms with van der Waals surface area (Å²) in [7, 11) is 0. The van der Waals surface area contributed by atoms with E-state index in [4.69, 9.17) is 4.74 Å². The highest BCUT2D eigenvalue weighted by atomic mass is 16.5. The number of ether oxygens (including phenoxy) is 1. The van der Waals surface area contributed by atoms with Gasteiger partial charge in [-0.15, -0.1) is 0 Å². The van der Waals surface area contributed by atoms with Gasteiger partial charge in [-0.05, 0) is 19.8 Å². The van der Waals surface area contributed by atoms with Crippen molar-refractivity contribution in [1.82, 2.24) is 19.8 Å². The first-order valence-electron chi connectivity index (χ1n) is 8.80. The number of aromatic nitrogens is 2. The molecule has 3 rings (SSSR count). The fraction of sp³-hybridized carbons (Fsp3) is 0.824. The number of morpholine rings is 1. The molecule has 2 fully saturated rings. The standard InChI is InChI=1S/C17H30N4O/c1-16(13-20-8-7-18-15-20)19-14-17(5-3-2-4-6-17)21-9-11-22-12-10-21/h7-8,15-16,19H,2-6,9-14H2,1H3/t16-/m1/s1. The monoisotopic (exact) mass is 306 g/mol. The minimum Gasteiger partial charge on any atom is -0.379 e. The highest BCUT2D eigenvalue weighted by Gasteiger charge is 2.38. The van der Waals surface area contributed by atoms with Gasteiger partial charge in [-0.1, -0.05) is 19.3 Å². The molecule has 1 saturated carbocycles. The van der Waals surface area contributed by atoms with Gasteiger partial charge in [-0.2, -0.15) is 0 Å². The molecule has 5 heteroatoms. The number of hydrogen-bond acceptors (Lipinski definition) is 4. The largest absolute Gasteiger partial charge is 0.379 e. The Hall–Kier alpha value is -0.910. The van der Waals surface area contributed by atoms with Gasteiger partial charge in [0.05, 0.1) is 19.5 Å². The van der Waals surface area contributed by atoms with Crippen LogP contribution in [-0.2, 0) is 11.3 Å². The summed E-state index contributed by atoms with van der Waals surface area (Å²) in [6.45, 7) is 8.34. The first-order chi connectivity index (χ1) is 10.8. The van der Waals surface area contributed by atoms with Gasteiger partial charge in [0.1, 0.15) is 0 Å². The molecule has 1 aliphatic carbocycles. The lowest BCUT2D eigenvalue weighted by Crippen LogP contribution is -2.60. The fourth-order valence-electron chi connectivity index (χ4n) is 3.99. The Morgan fingerprint density at radius 3 is 2.68 bits per heavy atom. The predicted molar refractivity (Wildman–Crippen MR) is 87.9 cm³/mol. The molecule has 1 saturated heterocycles. The Bertz CT molecular complexity index is 422. The molecule has 124 valence electrons. The van der Waals surface area contributed by atoms with E-state index in [1.54, 1.807) is 0 Å². The van der Waals surface area contributed by atoms with Crippen molar-refractivity contribution in [2.75, 3.05) is 32.8 Å². The molecular formula is C17H30N4O. The maximum Gasteiger partial charge on any atom is 0.0946 e. The molecule has 0 unspecified atom stereocenters. The summed E-state index contributed by atoms with van der Waals surface area (Å²) < 4.78 is 7.71. The van der Waals surface area contributed by atoms with Crippen molar-refractivity contribution in [2.24, 2.45) is 0 Å². The molecule has 1 N–H and O–H groups in total. The molecular weight excluding hydrogens is 276 g/mol. The Balaban J connectivity index is 1.57. The van der Waals surface area contributed by atoms with Gasteiger partial charge < -0.3 is 14.6 Å². The third-order valence-corrected chi connectivity index (χ3v) is 5.29. The van der Waals surface area contributed by atoms with Crippen molar-refractivity contribution in [3.8, 4) is 0 Å². The van der Waals surface area contributed by atoms with Crippen molar-refractivity contribution >= 4 is 0 Å². The zero-order chi connectivity index (χ0) is 15.3. The summed E-state index contributed by atoms with van der Waals surface area (Å²) in [5.74, 6) is 0. The second-order valence-electron chi connectivity index (χ2n) is 6.93. The van der Waals surface area contributed by atoms with E-state index in [1.165, 1.54) is 32.1 Å². The van der Waals surface area contributed by atoms with Gasteiger partial charge in [0.15, 0.2) is 0 Å². The van der Waals surface area contributed by atoms with Crippen LogP contribution in [0.4, 0.5) is 0 Å². The molecule has 5 nitrogen and oxygen atoms in total. The zero-order valence-electron chi connectivity index (χ0n) is 13.8. The van der Waals surface area contributed by atoms with E-state index in [0.717, 1.165) is 39.4 Å². The average molecular weight is 306 g/mol. The quantitative estimate of drug-likeness (QED) is 0.871. The summed E-state index contributed by atoms with van der Waals surface area (Å²) in [5, 5.41) is 3.80. The molecule has 1 aromatic rings. The molecule has 22 heavy (non-hydrogen) atoms. The van der Waals surface area contributed by atoms with Crippen LogP contribution in [0.5, 0.6) is 0 Å². The number of rotatable bonds is 6. The summed E-state index contributed by atoms with van der Waals surface area (Å²) in [4.78, 5) is 6.83. The van der Waals surface area contributed by atoms with Crippen molar-refractivity contribution in [1.29, 1.82) is 0 Å². The minimum absolute atomic E-state index is 0.352. The van der Waals surface area contributed by atoms with E-state index >= 15 is 0 Å². The van der Waals surface area contributed by atoms with Crippen molar-refractivity contribution in [3.63, 3.8) is 0 Å². The summed E-state index contributed by atoms with van der Waals surface area (Å²) in [6, 6.07) is 0.467. The normalized spacial score (nSPS) is 24.2. The maximum atomic E-state index is 5.56. The highest BCUT2D eigenvalue weighted by Crippen LogP contribution is 2.34. The Labute approximate surface area is 134 Å². The van der Waals surface area contributed by atoms with Crippen molar-refractivity contribution in [3.05, 3.63) is 18.7 Å². The van der Waals surface area contributed by atoms with Crippen LogP contribution < -0.4 is 5.32 Å². The molecule has 2 heterocycles. The third-order valence-electron chi connectivity index (χ3n) is 5.29. The molecule has 0 amide bonds. The molecule has 1 aromatic heterocycles. The number of hydrogen-bond donors (Lipinski definition) is 1. The first kappa shape index (κ1) is 16.0. The van der Waals surface area contributed by atoms with Crippen LogP contribution in [0.1, 0.15) is 39.0 Å². The van der Waals surface area contributed by atoms with Crippen LogP contribution in [0.3, 0.4) is 0 Å². The molecule has 1 atom stereocenters. The van der Waals surface area contributed by atoms with Gasteiger partial charge in [-0.3, -0.25) is 4.90 Å². The second-order valence-corrected chi connectivity index (χ2v) is 6.93. The van der Waals surface area contributed by atoms with Crippen LogP contribution in [0.2, 0.25) is 0 Å². The topological polar surface area (TPSA) is 42.3 Å². The first-order valence-corrected chi connectivity index (χ1v) is 8.80. The SMILES string of the molecule is C[C@H](Cn1ccnc1)NCC1(N2CCOCC2)CCCCC1. The van der Waals surface area contributed by atoms with E-state index in [-0.39, 0.29) is 0 Å². The van der Waals surface area contributed by atoms with Crippen molar-refractivity contribution < 1.29 is 4.74 Å².